The van der Waals surface area contributed by atoms with Gasteiger partial charge in [-0.15, -0.1) is 0 Å². The first-order valence-corrected chi connectivity index (χ1v) is 8.63. The second kappa shape index (κ2) is 6.37. The van der Waals surface area contributed by atoms with Gasteiger partial charge in [0, 0.05) is 17.4 Å². The Morgan fingerprint density at radius 1 is 1.00 bits per heavy atom. The molecule has 2 aromatic rings. The van der Waals surface area contributed by atoms with Gasteiger partial charge in [0.2, 0.25) is 5.91 Å². The number of carbonyl (C=O) groups is 2. The van der Waals surface area contributed by atoms with Crippen LogP contribution in [-0.4, -0.2) is 17.9 Å². The first-order chi connectivity index (χ1) is 12.1. The zero-order valence-electron chi connectivity index (χ0n) is 13.8. The van der Waals surface area contributed by atoms with Crippen LogP contribution in [0.25, 0.3) is 0 Å². The van der Waals surface area contributed by atoms with E-state index in [2.05, 4.69) is 10.6 Å². The highest BCUT2D eigenvalue weighted by Gasteiger charge is 2.49. The van der Waals surface area contributed by atoms with Crippen LogP contribution in [0, 0.1) is 17.8 Å². The van der Waals surface area contributed by atoms with Gasteiger partial charge in [0.25, 0.3) is 5.91 Å². The van der Waals surface area contributed by atoms with E-state index in [-0.39, 0.29) is 29.5 Å². The minimum atomic E-state index is -0.310. The third kappa shape index (κ3) is 3.05. The highest BCUT2D eigenvalue weighted by atomic mass is 16.3. The second-order valence-corrected chi connectivity index (χ2v) is 6.93. The molecule has 2 fully saturated rings. The summed E-state index contributed by atoms with van der Waals surface area (Å²) in [4.78, 5) is 24.5. The lowest BCUT2D eigenvalue weighted by Gasteiger charge is -2.27. The molecule has 2 amide bonds. The van der Waals surface area contributed by atoms with E-state index in [1.807, 2.05) is 0 Å². The Hall–Kier alpha value is -2.60. The third-order valence-corrected chi connectivity index (χ3v) is 5.44. The van der Waals surface area contributed by atoms with Crippen molar-refractivity contribution in [1.29, 1.82) is 0 Å². The van der Waals surface area contributed by atoms with Crippen LogP contribution in [-0.2, 0) is 4.79 Å². The average Bonchev–Trinajstić information content (AvgIpc) is 3.33. The largest absolute Gasteiger partial charge is 0.459 e. The number of anilines is 2. The Kier molecular flexibility index (Phi) is 4.05. The number of nitrogens with two attached hydrogens (primary N) is 1. The fourth-order valence-corrected chi connectivity index (χ4v) is 4.19. The Bertz CT molecular complexity index is 768. The van der Waals surface area contributed by atoms with Crippen molar-refractivity contribution in [2.75, 3.05) is 10.6 Å². The quantitative estimate of drug-likeness (QED) is 0.798. The summed E-state index contributed by atoms with van der Waals surface area (Å²) in [6, 6.07) is 10.3. The Labute approximate surface area is 145 Å². The summed E-state index contributed by atoms with van der Waals surface area (Å²) in [5.74, 6) is 0.786. The van der Waals surface area contributed by atoms with E-state index in [4.69, 9.17) is 10.2 Å². The van der Waals surface area contributed by atoms with Gasteiger partial charge in [-0.3, -0.25) is 9.59 Å². The van der Waals surface area contributed by atoms with Gasteiger partial charge in [-0.05, 0) is 67.5 Å². The van der Waals surface area contributed by atoms with Crippen LogP contribution >= 0.6 is 0 Å². The van der Waals surface area contributed by atoms with E-state index in [1.165, 1.54) is 6.26 Å². The number of fused-ring (bicyclic) bond motifs is 2. The van der Waals surface area contributed by atoms with Gasteiger partial charge in [0.15, 0.2) is 5.76 Å². The fourth-order valence-electron chi connectivity index (χ4n) is 4.19. The topological polar surface area (TPSA) is 97.4 Å². The maximum Gasteiger partial charge on any atom is 0.291 e. The first kappa shape index (κ1) is 15.9. The van der Waals surface area contributed by atoms with E-state index in [9.17, 15) is 9.59 Å². The number of benzene rings is 1. The third-order valence-electron chi connectivity index (χ3n) is 5.44. The van der Waals surface area contributed by atoms with Gasteiger partial charge >= 0.3 is 0 Å². The minimum absolute atomic E-state index is 0.00655. The molecule has 6 heteroatoms. The summed E-state index contributed by atoms with van der Waals surface area (Å²) < 4.78 is 5.05. The molecule has 0 radical (unpaired) electrons. The van der Waals surface area contributed by atoms with E-state index >= 15 is 0 Å². The number of hydrogen-bond acceptors (Lipinski definition) is 4. The zero-order chi connectivity index (χ0) is 17.4. The van der Waals surface area contributed by atoms with Gasteiger partial charge in [-0.2, -0.15) is 0 Å². The highest BCUT2D eigenvalue weighted by Crippen LogP contribution is 2.47. The lowest BCUT2D eigenvalue weighted by molar-refractivity contribution is -0.121. The molecule has 2 aliphatic rings. The van der Waals surface area contributed by atoms with Crippen molar-refractivity contribution in [2.24, 2.45) is 23.5 Å². The van der Waals surface area contributed by atoms with Crippen molar-refractivity contribution in [3.8, 4) is 0 Å². The van der Waals surface area contributed by atoms with Crippen molar-refractivity contribution in [3.63, 3.8) is 0 Å². The van der Waals surface area contributed by atoms with Gasteiger partial charge in [-0.1, -0.05) is 0 Å². The maximum absolute atomic E-state index is 12.6. The molecule has 6 nitrogen and oxygen atoms in total. The molecule has 1 heterocycles. The summed E-state index contributed by atoms with van der Waals surface area (Å²) in [5, 5.41) is 5.70. The molecule has 0 saturated heterocycles. The second-order valence-electron chi connectivity index (χ2n) is 6.93. The van der Waals surface area contributed by atoms with Crippen LogP contribution in [0.15, 0.2) is 47.1 Å². The molecular formula is C19H21N3O3. The van der Waals surface area contributed by atoms with Crippen LogP contribution in [0.3, 0.4) is 0 Å². The first-order valence-electron chi connectivity index (χ1n) is 8.63. The monoisotopic (exact) mass is 339 g/mol. The van der Waals surface area contributed by atoms with E-state index in [0.29, 0.717) is 23.2 Å². The van der Waals surface area contributed by atoms with Crippen molar-refractivity contribution < 1.29 is 14.0 Å². The zero-order valence-corrected chi connectivity index (χ0v) is 13.8. The van der Waals surface area contributed by atoms with Crippen LogP contribution in [0.4, 0.5) is 11.4 Å². The molecule has 2 saturated carbocycles. The Morgan fingerprint density at radius 3 is 2.28 bits per heavy atom. The molecule has 25 heavy (non-hydrogen) atoms. The van der Waals surface area contributed by atoms with Gasteiger partial charge in [0.05, 0.1) is 12.2 Å². The summed E-state index contributed by atoms with van der Waals surface area (Å²) in [6.07, 6.45) is 4.79. The summed E-state index contributed by atoms with van der Waals surface area (Å²) in [7, 11) is 0. The molecule has 2 bridgehead atoms. The minimum Gasteiger partial charge on any atom is -0.459 e. The number of nitrogens with one attached hydrogen (secondary N) is 2. The molecule has 1 aromatic heterocycles. The summed E-state index contributed by atoms with van der Waals surface area (Å²) in [5.41, 5.74) is 7.57. The smallest absolute Gasteiger partial charge is 0.291 e. The Morgan fingerprint density at radius 2 is 1.68 bits per heavy atom. The Balaban J connectivity index is 1.37. The van der Waals surface area contributed by atoms with E-state index < -0.39 is 0 Å². The van der Waals surface area contributed by atoms with E-state index in [1.54, 1.807) is 36.4 Å². The number of furan rings is 1. The standard InChI is InChI=1S/C19H21N3O3/c20-17-12-4-3-11(10-12)16(17)19(24)22-14-7-5-13(6-8-14)21-18(23)15-2-1-9-25-15/h1-2,5-9,11-12,16-17H,3-4,10,20H2,(H,21,23)(H,22,24). The summed E-state index contributed by atoms with van der Waals surface area (Å²) >= 11 is 0. The van der Waals surface area contributed by atoms with Gasteiger partial charge in [0.1, 0.15) is 0 Å². The molecule has 2 aliphatic carbocycles. The number of carbonyl (C=O) groups excluding carboxylic acids is 2. The van der Waals surface area contributed by atoms with Crippen molar-refractivity contribution in [2.45, 2.75) is 25.3 Å². The number of hydrogen-bond donors (Lipinski definition) is 3. The van der Waals surface area contributed by atoms with Crippen LogP contribution in [0.2, 0.25) is 0 Å². The molecule has 0 aliphatic heterocycles. The maximum atomic E-state index is 12.6. The van der Waals surface area contributed by atoms with Crippen molar-refractivity contribution in [3.05, 3.63) is 48.4 Å². The van der Waals surface area contributed by atoms with E-state index in [0.717, 1.165) is 19.3 Å². The number of rotatable bonds is 4. The molecule has 4 rings (SSSR count). The van der Waals surface area contributed by atoms with Crippen molar-refractivity contribution >= 4 is 23.2 Å². The van der Waals surface area contributed by atoms with Gasteiger partial charge < -0.3 is 20.8 Å². The highest BCUT2D eigenvalue weighted by molar-refractivity contribution is 6.02. The normalized spacial score (nSPS) is 27.2. The van der Waals surface area contributed by atoms with Crippen LogP contribution in [0.1, 0.15) is 29.8 Å². The molecule has 4 atom stereocenters. The molecule has 4 unspecified atom stereocenters. The number of amides is 2. The van der Waals surface area contributed by atoms with Gasteiger partial charge in [-0.25, -0.2) is 0 Å². The molecule has 130 valence electrons. The SMILES string of the molecule is NC1C2CCC(C2)C1C(=O)Nc1ccc(NC(=O)c2ccco2)cc1. The lowest BCUT2D eigenvalue weighted by Crippen LogP contribution is -2.42. The average molecular weight is 339 g/mol. The van der Waals surface area contributed by atoms with Crippen LogP contribution < -0.4 is 16.4 Å². The predicted molar refractivity (Wildman–Crippen MR) is 94.0 cm³/mol. The molecule has 0 spiro atoms. The summed E-state index contributed by atoms with van der Waals surface area (Å²) in [6.45, 7) is 0. The molecule has 1 aromatic carbocycles. The molecular weight excluding hydrogens is 318 g/mol. The fraction of sp³-hybridized carbons (Fsp3) is 0.368. The predicted octanol–water partition coefficient (Wildman–Crippen LogP) is 2.84. The van der Waals surface area contributed by atoms with Crippen LogP contribution in [0.5, 0.6) is 0 Å². The lowest BCUT2D eigenvalue weighted by atomic mass is 9.84. The molecule has 4 N–H and O–H groups in total. The van der Waals surface area contributed by atoms with Crippen molar-refractivity contribution in [1.82, 2.24) is 0 Å².